The fourth-order valence-corrected chi connectivity index (χ4v) is 5.35. The van der Waals surface area contributed by atoms with Crippen LogP contribution in [0.1, 0.15) is 38.6 Å². The Morgan fingerprint density at radius 1 is 1.45 bits per heavy atom. The summed E-state index contributed by atoms with van der Waals surface area (Å²) in [5.41, 5.74) is 0. The smallest absolute Gasteiger partial charge is 0.195 e. The third kappa shape index (κ3) is 1.91. The van der Waals surface area contributed by atoms with Gasteiger partial charge in [-0.25, -0.2) is 0 Å². The van der Waals surface area contributed by atoms with Crippen molar-refractivity contribution in [2.45, 2.75) is 38.6 Å². The summed E-state index contributed by atoms with van der Waals surface area (Å²) in [7, 11) is 0. The van der Waals surface area contributed by atoms with Gasteiger partial charge in [0, 0.05) is 6.04 Å². The number of aromatic amines is 1. The summed E-state index contributed by atoms with van der Waals surface area (Å²) in [4.78, 5) is 1.20. The van der Waals surface area contributed by atoms with Crippen LogP contribution in [0.4, 0.5) is 0 Å². The van der Waals surface area contributed by atoms with Crippen molar-refractivity contribution in [1.29, 1.82) is 0 Å². The highest BCUT2D eigenvalue weighted by Gasteiger charge is 2.42. The highest BCUT2D eigenvalue weighted by molar-refractivity contribution is 7.71. The minimum absolute atomic E-state index is 0.452. The van der Waals surface area contributed by atoms with E-state index in [0.717, 1.165) is 28.3 Å². The van der Waals surface area contributed by atoms with Gasteiger partial charge in [0.05, 0.1) is 4.88 Å². The van der Waals surface area contributed by atoms with Crippen molar-refractivity contribution in [3.63, 3.8) is 0 Å². The first-order valence-electron chi connectivity index (χ1n) is 7.45. The average Bonchev–Trinajstić information content (AvgIpc) is 3.21. The van der Waals surface area contributed by atoms with E-state index in [0.29, 0.717) is 6.04 Å². The summed E-state index contributed by atoms with van der Waals surface area (Å²) in [6.45, 7) is 2.33. The summed E-state index contributed by atoms with van der Waals surface area (Å²) >= 11 is 7.22. The van der Waals surface area contributed by atoms with E-state index in [-0.39, 0.29) is 0 Å². The summed E-state index contributed by atoms with van der Waals surface area (Å²) < 4.78 is 3.02. The average molecular weight is 305 g/mol. The molecule has 2 aliphatic carbocycles. The summed E-state index contributed by atoms with van der Waals surface area (Å²) in [6, 6.07) is 4.65. The normalized spacial score (nSPS) is 29.9. The van der Waals surface area contributed by atoms with Crippen molar-refractivity contribution >= 4 is 23.6 Å². The third-order valence-corrected chi connectivity index (χ3v) is 6.42. The number of hydrogen-bond acceptors (Lipinski definition) is 3. The molecule has 2 fully saturated rings. The van der Waals surface area contributed by atoms with Gasteiger partial charge in [-0.3, -0.25) is 9.67 Å². The highest BCUT2D eigenvalue weighted by Crippen LogP contribution is 2.52. The molecule has 4 atom stereocenters. The van der Waals surface area contributed by atoms with Crippen molar-refractivity contribution in [3.05, 3.63) is 22.3 Å². The Bertz CT molecular complexity index is 655. The molecule has 2 aromatic rings. The summed E-state index contributed by atoms with van der Waals surface area (Å²) in [5.74, 6) is 3.67. The molecule has 0 saturated heterocycles. The molecule has 106 valence electrons. The van der Waals surface area contributed by atoms with Crippen LogP contribution in [0.15, 0.2) is 17.5 Å². The van der Waals surface area contributed by atoms with E-state index < -0.39 is 0 Å². The molecule has 0 amide bonds. The predicted octanol–water partition coefficient (Wildman–Crippen LogP) is 4.67. The zero-order chi connectivity index (χ0) is 13.7. The first-order chi connectivity index (χ1) is 9.74. The van der Waals surface area contributed by atoms with Crippen LogP contribution in [0.25, 0.3) is 10.7 Å². The second-order valence-electron chi connectivity index (χ2n) is 6.28. The van der Waals surface area contributed by atoms with Gasteiger partial charge in [-0.2, -0.15) is 5.10 Å². The van der Waals surface area contributed by atoms with E-state index in [4.69, 9.17) is 12.2 Å². The Kier molecular flexibility index (Phi) is 3.07. The molecule has 2 aliphatic rings. The Morgan fingerprint density at radius 3 is 3.00 bits per heavy atom. The largest absolute Gasteiger partial charge is 0.296 e. The Labute approximate surface area is 128 Å². The molecule has 20 heavy (non-hydrogen) atoms. The topological polar surface area (TPSA) is 33.6 Å². The van der Waals surface area contributed by atoms with Crippen LogP contribution in [0.5, 0.6) is 0 Å². The first kappa shape index (κ1) is 12.8. The van der Waals surface area contributed by atoms with E-state index in [1.54, 1.807) is 11.3 Å². The lowest BCUT2D eigenvalue weighted by Gasteiger charge is -2.29. The molecule has 0 aliphatic heterocycles. The highest BCUT2D eigenvalue weighted by atomic mass is 32.1. The molecule has 2 aromatic heterocycles. The van der Waals surface area contributed by atoms with Crippen LogP contribution in [0.2, 0.25) is 0 Å². The lowest BCUT2D eigenvalue weighted by Crippen LogP contribution is -2.22. The lowest BCUT2D eigenvalue weighted by molar-refractivity contribution is 0.242. The van der Waals surface area contributed by atoms with E-state index >= 15 is 0 Å². The molecule has 0 aromatic carbocycles. The number of hydrogen-bond donors (Lipinski definition) is 1. The summed E-state index contributed by atoms with van der Waals surface area (Å²) in [6.07, 6.45) is 5.68. The van der Waals surface area contributed by atoms with Crippen molar-refractivity contribution < 1.29 is 0 Å². The molecule has 2 heterocycles. The number of nitrogens with zero attached hydrogens (tertiary/aromatic N) is 2. The van der Waals surface area contributed by atoms with Crippen molar-refractivity contribution in [1.82, 2.24) is 14.8 Å². The molecule has 0 unspecified atom stereocenters. The maximum atomic E-state index is 5.49. The first-order valence-corrected chi connectivity index (χ1v) is 8.73. The van der Waals surface area contributed by atoms with Crippen LogP contribution in [-0.4, -0.2) is 14.8 Å². The van der Waals surface area contributed by atoms with Crippen molar-refractivity contribution in [2.75, 3.05) is 0 Å². The van der Waals surface area contributed by atoms with Gasteiger partial charge >= 0.3 is 0 Å². The van der Waals surface area contributed by atoms with Crippen LogP contribution in [0, 0.1) is 22.5 Å². The van der Waals surface area contributed by atoms with Crippen LogP contribution >= 0.6 is 23.6 Å². The molecule has 0 radical (unpaired) electrons. The third-order valence-electron chi connectivity index (χ3n) is 5.27. The van der Waals surface area contributed by atoms with Gasteiger partial charge in [0.25, 0.3) is 0 Å². The number of fused-ring (bicyclic) bond motifs is 2. The van der Waals surface area contributed by atoms with Gasteiger partial charge in [-0.15, -0.1) is 11.3 Å². The molecule has 2 bridgehead atoms. The number of aromatic nitrogens is 3. The minimum atomic E-state index is 0.452. The molecular weight excluding hydrogens is 286 g/mol. The maximum Gasteiger partial charge on any atom is 0.195 e. The van der Waals surface area contributed by atoms with Crippen LogP contribution < -0.4 is 0 Å². The van der Waals surface area contributed by atoms with Crippen molar-refractivity contribution in [2.24, 2.45) is 17.8 Å². The summed E-state index contributed by atoms with van der Waals surface area (Å²) in [5, 5.41) is 9.56. The monoisotopic (exact) mass is 305 g/mol. The standard InChI is InChI=1S/C15H19N3S2/c1-9(12-8-10-4-5-11(12)7-10)18-14(16-17-15(18)19)13-3-2-6-20-13/h2-3,6,9-12H,4-5,7-8H2,1H3,(H,17,19)/t9-,10-,11-,12+/m1/s1. The fraction of sp³-hybridized carbons (Fsp3) is 0.600. The van der Waals surface area contributed by atoms with Gasteiger partial charge in [0.1, 0.15) is 0 Å². The second-order valence-corrected chi connectivity index (χ2v) is 7.61. The van der Waals surface area contributed by atoms with E-state index in [9.17, 15) is 0 Å². The Morgan fingerprint density at radius 2 is 2.35 bits per heavy atom. The number of thiophene rings is 1. The lowest BCUT2D eigenvalue weighted by atomic mass is 9.84. The minimum Gasteiger partial charge on any atom is -0.296 e. The van der Waals surface area contributed by atoms with Gasteiger partial charge in [0.15, 0.2) is 10.6 Å². The fourth-order valence-electron chi connectivity index (χ4n) is 4.34. The maximum absolute atomic E-state index is 5.49. The Hall–Kier alpha value is -0.940. The van der Waals surface area contributed by atoms with E-state index in [1.807, 2.05) is 0 Å². The molecule has 0 spiro atoms. The number of H-pyrrole nitrogens is 1. The molecule has 4 rings (SSSR count). The van der Waals surface area contributed by atoms with Crippen molar-refractivity contribution in [3.8, 4) is 10.7 Å². The SMILES string of the molecule is C[C@H]([C@@H]1C[C@@H]2CC[C@@H]1C2)n1c(-c2cccs2)n[nH]c1=S. The molecule has 3 nitrogen and oxygen atoms in total. The zero-order valence-corrected chi connectivity index (χ0v) is 13.2. The number of nitrogens with one attached hydrogen (secondary N) is 1. The van der Waals surface area contributed by atoms with E-state index in [1.165, 1.54) is 30.6 Å². The van der Waals surface area contributed by atoms with Gasteiger partial charge in [-0.1, -0.05) is 12.5 Å². The zero-order valence-electron chi connectivity index (χ0n) is 11.6. The molecule has 2 saturated carbocycles. The van der Waals surface area contributed by atoms with Crippen LogP contribution in [-0.2, 0) is 0 Å². The predicted molar refractivity (Wildman–Crippen MR) is 84.4 cm³/mol. The van der Waals surface area contributed by atoms with Gasteiger partial charge < -0.3 is 0 Å². The quantitative estimate of drug-likeness (QED) is 0.836. The molecular formula is C15H19N3S2. The van der Waals surface area contributed by atoms with Gasteiger partial charge in [0.2, 0.25) is 0 Å². The Balaban J connectivity index is 1.71. The van der Waals surface area contributed by atoms with E-state index in [2.05, 4.69) is 39.2 Å². The molecule has 5 heteroatoms. The van der Waals surface area contributed by atoms with Crippen LogP contribution in [0.3, 0.4) is 0 Å². The second kappa shape index (κ2) is 4.81. The van der Waals surface area contributed by atoms with Gasteiger partial charge in [-0.05, 0) is 67.6 Å². The number of rotatable bonds is 3. The molecule has 1 N–H and O–H groups in total.